The summed E-state index contributed by atoms with van der Waals surface area (Å²) < 4.78 is 4.70. The number of methoxy groups -OCH3 is 1. The van der Waals surface area contributed by atoms with Crippen molar-refractivity contribution in [3.05, 3.63) is 29.3 Å². The van der Waals surface area contributed by atoms with E-state index in [0.717, 1.165) is 0 Å². The van der Waals surface area contributed by atoms with E-state index in [4.69, 9.17) is 10.5 Å². The van der Waals surface area contributed by atoms with Crippen LogP contribution in [0.3, 0.4) is 0 Å². The zero-order valence-corrected chi connectivity index (χ0v) is 12.6. The maximum absolute atomic E-state index is 12.1. The summed E-state index contributed by atoms with van der Waals surface area (Å²) in [6, 6.07) is 4.44. The summed E-state index contributed by atoms with van der Waals surface area (Å²) in [5.74, 6) is -0.707. The van der Waals surface area contributed by atoms with E-state index in [-0.39, 0.29) is 11.3 Å². The fourth-order valence-corrected chi connectivity index (χ4v) is 1.71. The monoisotopic (exact) mass is 278 g/mol. The highest BCUT2D eigenvalue weighted by molar-refractivity contribution is 5.98. The van der Waals surface area contributed by atoms with Gasteiger partial charge < -0.3 is 15.8 Å². The molecule has 0 saturated carbocycles. The van der Waals surface area contributed by atoms with Gasteiger partial charge in [-0.15, -0.1) is 0 Å². The number of rotatable bonds is 3. The minimum atomic E-state index is -0.635. The van der Waals surface area contributed by atoms with Crippen molar-refractivity contribution in [3.8, 4) is 0 Å². The largest absolute Gasteiger partial charge is 0.465 e. The van der Waals surface area contributed by atoms with Gasteiger partial charge in [0.05, 0.1) is 18.7 Å². The molecule has 0 aromatic heterocycles. The lowest BCUT2D eigenvalue weighted by Crippen LogP contribution is -2.45. The molecule has 1 aromatic rings. The quantitative estimate of drug-likeness (QED) is 0.830. The SMILES string of the molecule is COC(=O)c1cccc(NC(=O)C(N)C(C)(C)C)c1C. The number of benzene rings is 1. The molecule has 1 rings (SSSR count). The molecular weight excluding hydrogens is 256 g/mol. The summed E-state index contributed by atoms with van der Waals surface area (Å²) in [4.78, 5) is 23.7. The molecule has 0 radical (unpaired) electrons. The number of hydrogen-bond acceptors (Lipinski definition) is 4. The summed E-state index contributed by atoms with van der Waals surface area (Å²) in [5, 5.41) is 2.76. The van der Waals surface area contributed by atoms with Gasteiger partial charge in [-0.05, 0) is 30.0 Å². The van der Waals surface area contributed by atoms with Crippen LogP contribution >= 0.6 is 0 Å². The Morgan fingerprint density at radius 2 is 1.90 bits per heavy atom. The third-order valence-corrected chi connectivity index (χ3v) is 3.21. The summed E-state index contributed by atoms with van der Waals surface area (Å²) in [6.07, 6.45) is 0. The third-order valence-electron chi connectivity index (χ3n) is 3.21. The first-order chi connectivity index (χ1) is 9.18. The standard InChI is InChI=1S/C15H22N2O3/c1-9-10(14(19)20-5)7-6-8-11(9)17-13(18)12(16)15(2,3)4/h6-8,12H,16H2,1-5H3,(H,17,18). The molecule has 1 aromatic carbocycles. The number of nitrogens with one attached hydrogen (secondary N) is 1. The Morgan fingerprint density at radius 1 is 1.30 bits per heavy atom. The first-order valence-electron chi connectivity index (χ1n) is 6.43. The van der Waals surface area contributed by atoms with Crippen LogP contribution in [0.1, 0.15) is 36.7 Å². The summed E-state index contributed by atoms with van der Waals surface area (Å²) >= 11 is 0. The average Bonchev–Trinajstić information content (AvgIpc) is 2.38. The van der Waals surface area contributed by atoms with Crippen molar-refractivity contribution in [3.63, 3.8) is 0 Å². The second-order valence-electron chi connectivity index (χ2n) is 5.80. The highest BCUT2D eigenvalue weighted by Crippen LogP contribution is 2.22. The molecule has 20 heavy (non-hydrogen) atoms. The van der Waals surface area contributed by atoms with Gasteiger partial charge in [0.25, 0.3) is 0 Å². The van der Waals surface area contributed by atoms with Gasteiger partial charge in [-0.3, -0.25) is 4.79 Å². The molecule has 110 valence electrons. The number of carbonyl (C=O) groups is 2. The van der Waals surface area contributed by atoms with E-state index in [1.807, 2.05) is 20.8 Å². The average molecular weight is 278 g/mol. The Hall–Kier alpha value is -1.88. The molecule has 1 atom stereocenters. The first-order valence-corrected chi connectivity index (χ1v) is 6.43. The van der Waals surface area contributed by atoms with E-state index in [0.29, 0.717) is 16.8 Å². The molecule has 1 amide bonds. The van der Waals surface area contributed by atoms with Gasteiger partial charge in [0.1, 0.15) is 0 Å². The topological polar surface area (TPSA) is 81.4 Å². The maximum Gasteiger partial charge on any atom is 0.338 e. The zero-order valence-electron chi connectivity index (χ0n) is 12.6. The van der Waals surface area contributed by atoms with Crippen LogP contribution in [0.25, 0.3) is 0 Å². The van der Waals surface area contributed by atoms with Crippen molar-refractivity contribution in [1.82, 2.24) is 0 Å². The Labute approximate surface area is 119 Å². The fourth-order valence-electron chi connectivity index (χ4n) is 1.71. The Kier molecular flexibility index (Phi) is 4.89. The number of carbonyl (C=O) groups excluding carboxylic acids is 2. The molecule has 3 N–H and O–H groups in total. The number of anilines is 1. The van der Waals surface area contributed by atoms with Gasteiger partial charge >= 0.3 is 5.97 Å². The Bertz CT molecular complexity index is 518. The molecular formula is C15H22N2O3. The lowest BCUT2D eigenvalue weighted by Gasteiger charge is -2.26. The van der Waals surface area contributed by atoms with Gasteiger partial charge in [0, 0.05) is 5.69 Å². The smallest absolute Gasteiger partial charge is 0.338 e. The van der Waals surface area contributed by atoms with Gasteiger partial charge in [0.2, 0.25) is 5.91 Å². The minimum Gasteiger partial charge on any atom is -0.465 e. The second kappa shape index (κ2) is 6.05. The van der Waals surface area contributed by atoms with Crippen LogP contribution in [0.5, 0.6) is 0 Å². The predicted molar refractivity (Wildman–Crippen MR) is 78.6 cm³/mol. The fraction of sp³-hybridized carbons (Fsp3) is 0.467. The Balaban J connectivity index is 3.00. The lowest BCUT2D eigenvalue weighted by molar-refractivity contribution is -0.119. The van der Waals surface area contributed by atoms with E-state index in [9.17, 15) is 9.59 Å². The van der Waals surface area contributed by atoms with Crippen molar-refractivity contribution in [2.45, 2.75) is 33.7 Å². The summed E-state index contributed by atoms with van der Waals surface area (Å²) in [5.41, 5.74) is 7.23. The van der Waals surface area contributed by atoms with Crippen molar-refractivity contribution >= 4 is 17.6 Å². The van der Waals surface area contributed by atoms with Crippen LogP contribution in [0.2, 0.25) is 0 Å². The molecule has 0 aliphatic carbocycles. The van der Waals surface area contributed by atoms with E-state index >= 15 is 0 Å². The number of esters is 1. The van der Waals surface area contributed by atoms with Gasteiger partial charge in [-0.2, -0.15) is 0 Å². The third kappa shape index (κ3) is 3.57. The number of ether oxygens (including phenoxy) is 1. The second-order valence-corrected chi connectivity index (χ2v) is 5.80. The molecule has 0 fully saturated rings. The van der Waals surface area contributed by atoms with Crippen LogP contribution in [-0.4, -0.2) is 25.0 Å². The van der Waals surface area contributed by atoms with E-state index in [1.54, 1.807) is 25.1 Å². The molecule has 0 aliphatic rings. The minimum absolute atomic E-state index is 0.275. The van der Waals surface area contributed by atoms with Crippen LogP contribution in [0.15, 0.2) is 18.2 Å². The molecule has 5 nitrogen and oxygen atoms in total. The highest BCUT2D eigenvalue weighted by atomic mass is 16.5. The Morgan fingerprint density at radius 3 is 2.40 bits per heavy atom. The number of nitrogens with two attached hydrogens (primary N) is 1. The maximum atomic E-state index is 12.1. The summed E-state index contributed by atoms with van der Waals surface area (Å²) in [7, 11) is 1.32. The summed E-state index contributed by atoms with van der Waals surface area (Å²) in [6.45, 7) is 7.45. The normalized spacial score (nSPS) is 12.7. The molecule has 0 saturated heterocycles. The van der Waals surface area contributed by atoms with Crippen molar-refractivity contribution in [2.24, 2.45) is 11.1 Å². The van der Waals surface area contributed by atoms with Crippen molar-refractivity contribution in [2.75, 3.05) is 12.4 Å². The van der Waals surface area contributed by atoms with E-state index in [1.165, 1.54) is 7.11 Å². The van der Waals surface area contributed by atoms with Crippen LogP contribution in [-0.2, 0) is 9.53 Å². The predicted octanol–water partition coefficient (Wildman–Crippen LogP) is 2.09. The highest BCUT2D eigenvalue weighted by Gasteiger charge is 2.28. The first kappa shape index (κ1) is 16.2. The molecule has 0 bridgehead atoms. The van der Waals surface area contributed by atoms with E-state index < -0.39 is 12.0 Å². The van der Waals surface area contributed by atoms with Gasteiger partial charge in [-0.1, -0.05) is 26.8 Å². The van der Waals surface area contributed by atoms with Crippen molar-refractivity contribution in [1.29, 1.82) is 0 Å². The van der Waals surface area contributed by atoms with Crippen LogP contribution in [0, 0.1) is 12.3 Å². The molecule has 0 spiro atoms. The molecule has 1 unspecified atom stereocenters. The van der Waals surface area contributed by atoms with Gasteiger partial charge in [0.15, 0.2) is 0 Å². The molecule has 0 heterocycles. The van der Waals surface area contributed by atoms with E-state index in [2.05, 4.69) is 5.32 Å². The van der Waals surface area contributed by atoms with Crippen molar-refractivity contribution < 1.29 is 14.3 Å². The van der Waals surface area contributed by atoms with Crippen LogP contribution < -0.4 is 11.1 Å². The van der Waals surface area contributed by atoms with Gasteiger partial charge in [-0.25, -0.2) is 4.79 Å². The zero-order chi connectivity index (χ0) is 15.5. The molecule has 5 heteroatoms. The lowest BCUT2D eigenvalue weighted by atomic mass is 9.87. The van der Waals surface area contributed by atoms with Crippen LogP contribution in [0.4, 0.5) is 5.69 Å². The molecule has 0 aliphatic heterocycles. The number of amides is 1. The number of hydrogen-bond donors (Lipinski definition) is 2.